The Labute approximate surface area is 132 Å². The lowest BCUT2D eigenvalue weighted by Gasteiger charge is -2.24. The maximum atomic E-state index is 12.4. The number of carbonyl (C=O) groups is 1. The van der Waals surface area contributed by atoms with Crippen molar-refractivity contribution in [1.82, 2.24) is 5.32 Å². The first kappa shape index (κ1) is 16.2. The lowest BCUT2D eigenvalue weighted by atomic mass is 9.92. The van der Waals surface area contributed by atoms with E-state index in [9.17, 15) is 4.79 Å². The Morgan fingerprint density at radius 2 is 1.68 bits per heavy atom. The average Bonchev–Trinajstić information content (AvgIpc) is 2.47. The summed E-state index contributed by atoms with van der Waals surface area (Å²) < 4.78 is 0. The zero-order chi connectivity index (χ0) is 16.2. The van der Waals surface area contributed by atoms with Crippen molar-refractivity contribution in [3.05, 3.63) is 70.8 Å². The van der Waals surface area contributed by atoms with Gasteiger partial charge in [0.25, 0.3) is 0 Å². The average molecular weight is 296 g/mol. The molecule has 3 N–H and O–H groups in total. The summed E-state index contributed by atoms with van der Waals surface area (Å²) in [7, 11) is 0. The predicted molar refractivity (Wildman–Crippen MR) is 90.6 cm³/mol. The quantitative estimate of drug-likeness (QED) is 0.891. The molecule has 1 unspecified atom stereocenters. The van der Waals surface area contributed by atoms with Crippen molar-refractivity contribution in [1.29, 1.82) is 0 Å². The fourth-order valence-electron chi connectivity index (χ4n) is 2.63. The molecule has 2 rings (SSSR count). The van der Waals surface area contributed by atoms with Gasteiger partial charge in [-0.3, -0.25) is 4.79 Å². The molecule has 1 atom stereocenters. The van der Waals surface area contributed by atoms with Gasteiger partial charge in [-0.2, -0.15) is 0 Å². The van der Waals surface area contributed by atoms with E-state index >= 15 is 0 Å². The highest BCUT2D eigenvalue weighted by atomic mass is 16.2. The van der Waals surface area contributed by atoms with Gasteiger partial charge in [-0.25, -0.2) is 0 Å². The molecule has 0 bridgehead atoms. The van der Waals surface area contributed by atoms with Crippen molar-refractivity contribution >= 4 is 5.91 Å². The van der Waals surface area contributed by atoms with Crippen molar-refractivity contribution < 1.29 is 4.79 Å². The van der Waals surface area contributed by atoms with Gasteiger partial charge in [-0.05, 0) is 38.3 Å². The SMILES string of the molecule is Cc1cc(C)cc(CCNC(=O)C(C)(N)c2ccccc2)c1. The summed E-state index contributed by atoms with van der Waals surface area (Å²) in [5.74, 6) is -0.150. The first-order valence-electron chi connectivity index (χ1n) is 7.59. The molecule has 0 radical (unpaired) electrons. The molecular formula is C19H24N2O. The molecule has 0 aliphatic heterocycles. The Morgan fingerprint density at radius 3 is 2.27 bits per heavy atom. The van der Waals surface area contributed by atoms with Gasteiger partial charge in [-0.1, -0.05) is 59.7 Å². The van der Waals surface area contributed by atoms with E-state index in [1.165, 1.54) is 16.7 Å². The van der Waals surface area contributed by atoms with E-state index in [-0.39, 0.29) is 5.91 Å². The zero-order valence-electron chi connectivity index (χ0n) is 13.5. The predicted octanol–water partition coefficient (Wildman–Crippen LogP) is 2.84. The number of aryl methyl sites for hydroxylation is 2. The molecule has 0 aliphatic carbocycles. The monoisotopic (exact) mass is 296 g/mol. The van der Waals surface area contributed by atoms with Crippen molar-refractivity contribution in [2.24, 2.45) is 5.73 Å². The molecule has 0 saturated heterocycles. The number of nitrogens with two attached hydrogens (primary N) is 1. The topological polar surface area (TPSA) is 55.1 Å². The summed E-state index contributed by atoms with van der Waals surface area (Å²) in [6.07, 6.45) is 0.805. The molecular weight excluding hydrogens is 272 g/mol. The minimum absolute atomic E-state index is 0.150. The Hall–Kier alpha value is -2.13. The van der Waals surface area contributed by atoms with Crippen molar-refractivity contribution in [2.75, 3.05) is 6.54 Å². The van der Waals surface area contributed by atoms with Gasteiger partial charge >= 0.3 is 0 Å². The fraction of sp³-hybridized carbons (Fsp3) is 0.316. The second kappa shape index (κ2) is 6.75. The number of rotatable bonds is 5. The molecule has 2 aromatic carbocycles. The summed E-state index contributed by atoms with van der Waals surface area (Å²) in [6, 6.07) is 15.9. The summed E-state index contributed by atoms with van der Waals surface area (Å²) in [4.78, 5) is 12.4. The summed E-state index contributed by atoms with van der Waals surface area (Å²) in [5.41, 5.74) is 9.73. The Morgan fingerprint density at radius 1 is 1.09 bits per heavy atom. The summed E-state index contributed by atoms with van der Waals surface area (Å²) >= 11 is 0. The lowest BCUT2D eigenvalue weighted by molar-refractivity contribution is -0.126. The van der Waals surface area contributed by atoms with Crippen LogP contribution < -0.4 is 11.1 Å². The van der Waals surface area contributed by atoms with Crippen LogP contribution in [0, 0.1) is 13.8 Å². The molecule has 116 valence electrons. The molecule has 0 aliphatic rings. The molecule has 0 spiro atoms. The van der Waals surface area contributed by atoms with Crippen molar-refractivity contribution in [3.8, 4) is 0 Å². The van der Waals surface area contributed by atoms with Crippen LogP contribution in [-0.2, 0) is 16.8 Å². The first-order valence-corrected chi connectivity index (χ1v) is 7.59. The molecule has 3 heteroatoms. The first-order chi connectivity index (χ1) is 10.4. The fourth-order valence-corrected chi connectivity index (χ4v) is 2.63. The van der Waals surface area contributed by atoms with Crippen LogP contribution in [0.2, 0.25) is 0 Å². The second-order valence-electron chi connectivity index (χ2n) is 6.07. The number of benzene rings is 2. The van der Waals surface area contributed by atoms with Gasteiger partial charge in [0.05, 0.1) is 0 Å². The molecule has 22 heavy (non-hydrogen) atoms. The highest BCUT2D eigenvalue weighted by Gasteiger charge is 2.29. The Bertz CT molecular complexity index is 627. The van der Waals surface area contributed by atoms with E-state index in [0.29, 0.717) is 6.54 Å². The van der Waals surface area contributed by atoms with Gasteiger partial charge in [-0.15, -0.1) is 0 Å². The van der Waals surface area contributed by atoms with Gasteiger partial charge in [0.1, 0.15) is 5.54 Å². The second-order valence-corrected chi connectivity index (χ2v) is 6.07. The number of carbonyl (C=O) groups excluding carboxylic acids is 1. The van der Waals surface area contributed by atoms with E-state index < -0.39 is 5.54 Å². The van der Waals surface area contributed by atoms with Crippen LogP contribution in [0.1, 0.15) is 29.2 Å². The van der Waals surface area contributed by atoms with Gasteiger partial charge in [0.15, 0.2) is 0 Å². The highest BCUT2D eigenvalue weighted by molar-refractivity contribution is 5.86. The van der Waals surface area contributed by atoms with Crippen LogP contribution in [0.25, 0.3) is 0 Å². The van der Waals surface area contributed by atoms with Crippen LogP contribution in [0.15, 0.2) is 48.5 Å². The maximum Gasteiger partial charge on any atom is 0.244 e. The molecule has 0 aromatic heterocycles. The molecule has 0 heterocycles. The minimum atomic E-state index is -1.01. The number of hydrogen-bond acceptors (Lipinski definition) is 2. The molecule has 0 fully saturated rings. The zero-order valence-corrected chi connectivity index (χ0v) is 13.5. The smallest absolute Gasteiger partial charge is 0.244 e. The third kappa shape index (κ3) is 3.95. The lowest BCUT2D eigenvalue weighted by Crippen LogP contribution is -2.49. The van der Waals surface area contributed by atoms with E-state index in [1.807, 2.05) is 30.3 Å². The largest absolute Gasteiger partial charge is 0.354 e. The maximum absolute atomic E-state index is 12.4. The van der Waals surface area contributed by atoms with E-state index in [2.05, 4.69) is 37.4 Å². The third-order valence-electron chi connectivity index (χ3n) is 3.83. The molecule has 2 aromatic rings. The van der Waals surface area contributed by atoms with Gasteiger partial charge in [0.2, 0.25) is 5.91 Å². The Kier molecular flexibility index (Phi) is 4.99. The molecule has 3 nitrogen and oxygen atoms in total. The normalized spacial score (nSPS) is 13.5. The van der Waals surface area contributed by atoms with Gasteiger partial charge in [0, 0.05) is 6.54 Å². The summed E-state index contributed by atoms with van der Waals surface area (Å²) in [5, 5.41) is 2.94. The molecule has 0 saturated carbocycles. The standard InChI is InChI=1S/C19H24N2O/c1-14-11-15(2)13-16(12-14)9-10-21-18(22)19(3,20)17-7-5-4-6-8-17/h4-8,11-13H,9-10,20H2,1-3H3,(H,21,22). The minimum Gasteiger partial charge on any atom is -0.354 e. The van der Waals surface area contributed by atoms with Crippen LogP contribution in [0.3, 0.4) is 0 Å². The van der Waals surface area contributed by atoms with Gasteiger partial charge < -0.3 is 11.1 Å². The summed E-state index contributed by atoms with van der Waals surface area (Å²) in [6.45, 7) is 6.50. The van der Waals surface area contributed by atoms with Crippen molar-refractivity contribution in [3.63, 3.8) is 0 Å². The number of nitrogens with one attached hydrogen (secondary N) is 1. The third-order valence-corrected chi connectivity index (χ3v) is 3.83. The highest BCUT2D eigenvalue weighted by Crippen LogP contribution is 2.17. The van der Waals surface area contributed by atoms with Crippen LogP contribution in [-0.4, -0.2) is 12.5 Å². The van der Waals surface area contributed by atoms with Crippen LogP contribution >= 0.6 is 0 Å². The number of hydrogen-bond donors (Lipinski definition) is 2. The van der Waals surface area contributed by atoms with E-state index in [4.69, 9.17) is 5.73 Å². The van der Waals surface area contributed by atoms with Crippen LogP contribution in [0.4, 0.5) is 0 Å². The Balaban J connectivity index is 1.95. The van der Waals surface area contributed by atoms with Crippen molar-refractivity contribution in [2.45, 2.75) is 32.7 Å². The number of amides is 1. The van der Waals surface area contributed by atoms with Crippen LogP contribution in [0.5, 0.6) is 0 Å². The molecule has 1 amide bonds. The van der Waals surface area contributed by atoms with E-state index in [1.54, 1.807) is 6.92 Å². The van der Waals surface area contributed by atoms with E-state index in [0.717, 1.165) is 12.0 Å².